The molecular formula is C24H25ClN4O4. The van der Waals surface area contributed by atoms with Crippen molar-refractivity contribution in [2.45, 2.75) is 13.0 Å². The lowest BCUT2D eigenvalue weighted by Gasteiger charge is -2.23. The lowest BCUT2D eigenvalue weighted by Crippen LogP contribution is -2.41. The van der Waals surface area contributed by atoms with Gasteiger partial charge in [0.15, 0.2) is 5.69 Å². The molecule has 0 aliphatic rings. The summed E-state index contributed by atoms with van der Waals surface area (Å²) in [6.45, 7) is 0.695. The van der Waals surface area contributed by atoms with Crippen LogP contribution in [0.1, 0.15) is 17.5 Å². The molecule has 0 aliphatic heterocycles. The molecule has 3 rings (SSSR count). The summed E-state index contributed by atoms with van der Waals surface area (Å²) in [6.07, 6.45) is 3.40. The van der Waals surface area contributed by atoms with E-state index in [1.165, 1.54) is 15.5 Å². The Bertz CT molecular complexity index is 1250. The molecule has 33 heavy (non-hydrogen) atoms. The molecular weight excluding hydrogens is 444 g/mol. The highest BCUT2D eigenvalue weighted by molar-refractivity contribution is 6.30. The average Bonchev–Trinajstić information content (AvgIpc) is 2.80. The van der Waals surface area contributed by atoms with Crippen molar-refractivity contribution in [1.29, 1.82) is 0 Å². The second kappa shape index (κ2) is 11.3. The number of anilines is 2. The van der Waals surface area contributed by atoms with E-state index in [0.29, 0.717) is 18.1 Å². The fourth-order valence-electron chi connectivity index (χ4n) is 3.33. The van der Waals surface area contributed by atoms with Crippen molar-refractivity contribution < 1.29 is 9.53 Å². The number of hydrogen-bond donors (Lipinski definition) is 2. The number of carbonyl (C=O) groups excluding carboxylic acids is 1. The van der Waals surface area contributed by atoms with Crippen LogP contribution in [0.4, 0.5) is 11.5 Å². The Hall–Kier alpha value is -3.62. The zero-order chi connectivity index (χ0) is 23.8. The molecule has 3 N–H and O–H groups in total. The smallest absolute Gasteiger partial charge is 0.330 e. The quantitative estimate of drug-likeness (QED) is 0.370. The third-order valence-corrected chi connectivity index (χ3v) is 5.17. The topological polar surface area (TPSA) is 110 Å². The monoisotopic (exact) mass is 468 g/mol. The van der Waals surface area contributed by atoms with Crippen molar-refractivity contribution in [2.75, 3.05) is 30.9 Å². The molecule has 0 atom stereocenters. The zero-order valence-corrected chi connectivity index (χ0v) is 18.9. The third kappa shape index (κ3) is 6.21. The maximum absolute atomic E-state index is 13.1. The van der Waals surface area contributed by atoms with Crippen LogP contribution in [-0.2, 0) is 16.1 Å². The van der Waals surface area contributed by atoms with Crippen molar-refractivity contribution in [3.8, 4) is 0 Å². The van der Waals surface area contributed by atoms with E-state index < -0.39 is 17.2 Å². The van der Waals surface area contributed by atoms with E-state index in [1.807, 2.05) is 30.3 Å². The number of nitrogen functional groups attached to an aromatic ring is 1. The van der Waals surface area contributed by atoms with Gasteiger partial charge in [-0.05, 0) is 35.8 Å². The molecule has 0 aliphatic carbocycles. The molecule has 172 valence electrons. The maximum atomic E-state index is 13.1. The standard InChI is InChI=1S/C24H25ClN4O4/c1-33-14-6-13-28(20(30)12-11-17-9-5-10-19(25)15-17)21-22(26)29(24(32)27-23(21)31)16-18-7-3-2-4-8-18/h2-5,7-12,15H,6,13-14,16,26H2,1H3,(H,27,31,32)/b12-11+. The number of aromatic nitrogens is 2. The number of methoxy groups -OCH3 is 1. The van der Waals surface area contributed by atoms with Gasteiger partial charge in [0, 0.05) is 31.4 Å². The SMILES string of the molecule is COCCCN(C(=O)/C=C/c1cccc(Cl)c1)c1c(N)n(Cc2ccccc2)c(=O)[nH]c1=O. The summed E-state index contributed by atoms with van der Waals surface area (Å²) in [5.41, 5.74) is 6.36. The Morgan fingerprint density at radius 3 is 2.64 bits per heavy atom. The number of H-pyrrole nitrogens is 1. The molecule has 0 saturated heterocycles. The highest BCUT2D eigenvalue weighted by Crippen LogP contribution is 2.19. The average molecular weight is 469 g/mol. The first-order chi connectivity index (χ1) is 15.9. The normalized spacial score (nSPS) is 11.1. The maximum Gasteiger partial charge on any atom is 0.330 e. The van der Waals surface area contributed by atoms with Crippen molar-refractivity contribution in [3.05, 3.63) is 97.7 Å². The van der Waals surface area contributed by atoms with Gasteiger partial charge in [-0.3, -0.25) is 19.1 Å². The van der Waals surface area contributed by atoms with Crippen LogP contribution in [0.25, 0.3) is 6.08 Å². The van der Waals surface area contributed by atoms with Gasteiger partial charge in [0.1, 0.15) is 5.82 Å². The lowest BCUT2D eigenvalue weighted by atomic mass is 10.2. The summed E-state index contributed by atoms with van der Waals surface area (Å²) in [7, 11) is 1.55. The minimum atomic E-state index is -0.733. The highest BCUT2D eigenvalue weighted by Gasteiger charge is 2.23. The predicted molar refractivity (Wildman–Crippen MR) is 131 cm³/mol. The Labute approximate surface area is 195 Å². The van der Waals surface area contributed by atoms with Crippen LogP contribution in [0.2, 0.25) is 5.02 Å². The summed E-state index contributed by atoms with van der Waals surface area (Å²) in [6, 6.07) is 16.2. The van der Waals surface area contributed by atoms with Crippen molar-refractivity contribution in [1.82, 2.24) is 9.55 Å². The largest absolute Gasteiger partial charge is 0.385 e. The van der Waals surface area contributed by atoms with Gasteiger partial charge in [-0.1, -0.05) is 54.1 Å². The summed E-state index contributed by atoms with van der Waals surface area (Å²) >= 11 is 6.01. The molecule has 1 amide bonds. The number of carbonyl (C=O) groups is 1. The van der Waals surface area contributed by atoms with E-state index in [-0.39, 0.29) is 24.6 Å². The number of rotatable bonds is 9. The molecule has 0 saturated carbocycles. The summed E-state index contributed by atoms with van der Waals surface area (Å²) < 4.78 is 6.33. The van der Waals surface area contributed by atoms with Gasteiger partial charge in [0.25, 0.3) is 11.5 Å². The predicted octanol–water partition coefficient (Wildman–Crippen LogP) is 2.90. The Morgan fingerprint density at radius 1 is 1.18 bits per heavy atom. The summed E-state index contributed by atoms with van der Waals surface area (Å²) in [5, 5.41) is 0.537. The number of amides is 1. The molecule has 8 nitrogen and oxygen atoms in total. The number of halogens is 1. The summed E-state index contributed by atoms with van der Waals surface area (Å²) in [5.74, 6) is -0.553. The summed E-state index contributed by atoms with van der Waals surface area (Å²) in [4.78, 5) is 41.9. The second-order valence-electron chi connectivity index (χ2n) is 7.29. The van der Waals surface area contributed by atoms with Gasteiger partial charge in [-0.25, -0.2) is 4.79 Å². The van der Waals surface area contributed by atoms with E-state index in [1.54, 1.807) is 37.5 Å². The third-order valence-electron chi connectivity index (χ3n) is 4.93. The lowest BCUT2D eigenvalue weighted by molar-refractivity contribution is -0.114. The Morgan fingerprint density at radius 2 is 1.94 bits per heavy atom. The van der Waals surface area contributed by atoms with E-state index in [0.717, 1.165) is 11.1 Å². The van der Waals surface area contributed by atoms with E-state index in [4.69, 9.17) is 22.1 Å². The molecule has 0 unspecified atom stereocenters. The fraction of sp³-hybridized carbons (Fsp3) is 0.208. The number of ether oxygens (including phenoxy) is 1. The van der Waals surface area contributed by atoms with Gasteiger partial charge >= 0.3 is 5.69 Å². The van der Waals surface area contributed by atoms with Crippen LogP contribution in [-0.4, -0.2) is 35.7 Å². The van der Waals surface area contributed by atoms with Crippen molar-refractivity contribution in [3.63, 3.8) is 0 Å². The Balaban J connectivity index is 2.00. The van der Waals surface area contributed by atoms with Crippen LogP contribution in [0, 0.1) is 0 Å². The molecule has 3 aromatic rings. The second-order valence-corrected chi connectivity index (χ2v) is 7.73. The first kappa shape index (κ1) is 24.0. The van der Waals surface area contributed by atoms with Gasteiger partial charge in [0.05, 0.1) is 6.54 Å². The zero-order valence-electron chi connectivity index (χ0n) is 18.2. The molecule has 9 heteroatoms. The Kier molecular flexibility index (Phi) is 8.23. The minimum absolute atomic E-state index is 0.0811. The minimum Gasteiger partial charge on any atom is -0.385 e. The van der Waals surface area contributed by atoms with Crippen LogP contribution >= 0.6 is 11.6 Å². The molecule has 1 aromatic heterocycles. The number of nitrogens with one attached hydrogen (secondary N) is 1. The fourth-order valence-corrected chi connectivity index (χ4v) is 3.53. The van der Waals surface area contributed by atoms with Crippen LogP contribution in [0.3, 0.4) is 0 Å². The van der Waals surface area contributed by atoms with Crippen molar-refractivity contribution in [2.24, 2.45) is 0 Å². The van der Waals surface area contributed by atoms with Crippen LogP contribution in [0.5, 0.6) is 0 Å². The number of hydrogen-bond acceptors (Lipinski definition) is 5. The van der Waals surface area contributed by atoms with Gasteiger partial charge < -0.3 is 15.4 Å². The molecule has 2 aromatic carbocycles. The first-order valence-electron chi connectivity index (χ1n) is 10.3. The number of aromatic amines is 1. The number of nitrogens with two attached hydrogens (primary N) is 1. The van der Waals surface area contributed by atoms with E-state index in [9.17, 15) is 14.4 Å². The molecule has 0 radical (unpaired) electrons. The highest BCUT2D eigenvalue weighted by atomic mass is 35.5. The number of nitrogens with zero attached hydrogens (tertiary/aromatic N) is 2. The van der Waals surface area contributed by atoms with E-state index in [2.05, 4.69) is 4.98 Å². The van der Waals surface area contributed by atoms with Gasteiger partial charge in [-0.2, -0.15) is 0 Å². The number of benzene rings is 2. The van der Waals surface area contributed by atoms with Gasteiger partial charge in [0.2, 0.25) is 0 Å². The van der Waals surface area contributed by atoms with Crippen LogP contribution in [0.15, 0.2) is 70.3 Å². The molecule has 0 bridgehead atoms. The van der Waals surface area contributed by atoms with E-state index >= 15 is 0 Å². The van der Waals surface area contributed by atoms with Gasteiger partial charge in [-0.15, -0.1) is 0 Å². The molecule has 1 heterocycles. The molecule has 0 spiro atoms. The first-order valence-corrected chi connectivity index (χ1v) is 10.7. The van der Waals surface area contributed by atoms with Crippen molar-refractivity contribution >= 4 is 35.1 Å². The molecule has 0 fully saturated rings. The van der Waals surface area contributed by atoms with Crippen LogP contribution < -0.4 is 21.9 Å².